The molecule has 7 heteroatoms. The predicted octanol–water partition coefficient (Wildman–Crippen LogP) is 5.26. The highest BCUT2D eigenvalue weighted by Crippen LogP contribution is 2.21. The zero-order valence-electron chi connectivity index (χ0n) is 19.8. The molecule has 0 aliphatic carbocycles. The summed E-state index contributed by atoms with van der Waals surface area (Å²) in [5, 5.41) is 11.8. The Labute approximate surface area is 213 Å². The van der Waals surface area contributed by atoms with Crippen LogP contribution in [-0.4, -0.2) is 20.7 Å². The largest absolute Gasteiger partial charge is 0.346 e. The number of amides is 1. The van der Waals surface area contributed by atoms with E-state index in [2.05, 4.69) is 40.6 Å². The van der Waals surface area contributed by atoms with E-state index in [0.29, 0.717) is 23.6 Å². The van der Waals surface area contributed by atoms with Crippen LogP contribution in [0.15, 0.2) is 89.9 Å². The van der Waals surface area contributed by atoms with Crippen LogP contribution < -0.4 is 10.9 Å². The molecule has 0 spiro atoms. The van der Waals surface area contributed by atoms with Crippen molar-refractivity contribution in [3.8, 4) is 0 Å². The highest BCUT2D eigenvalue weighted by Gasteiger charge is 2.15. The minimum absolute atomic E-state index is 0.117. The first kappa shape index (κ1) is 23.6. The van der Waals surface area contributed by atoms with Crippen molar-refractivity contribution in [2.24, 2.45) is 0 Å². The van der Waals surface area contributed by atoms with Crippen molar-refractivity contribution in [1.29, 1.82) is 0 Å². The molecule has 2 aromatic heterocycles. The van der Waals surface area contributed by atoms with Gasteiger partial charge in [0.25, 0.3) is 11.5 Å². The molecule has 6 nitrogen and oxygen atoms in total. The monoisotopic (exact) mass is 496 g/mol. The summed E-state index contributed by atoms with van der Waals surface area (Å²) in [6.07, 6.45) is 2.43. The standard InChI is InChI=1S/C29H25ClN4O2/c1-19-5-4-6-20(13-19)14-21-8-9-22(18-34-12-3-2-7-28(34)35)24(15-21)29(36)31-17-27-25-16-23(30)10-11-26(25)32-33-27/h2-13,15-16H,14,17-18H2,1H3,(H,31,36)(H,32,33). The molecule has 5 rings (SSSR count). The lowest BCUT2D eigenvalue weighted by Crippen LogP contribution is -2.26. The fourth-order valence-electron chi connectivity index (χ4n) is 4.35. The molecule has 0 aliphatic rings. The van der Waals surface area contributed by atoms with Crippen molar-refractivity contribution in [1.82, 2.24) is 20.1 Å². The fraction of sp³-hybridized carbons (Fsp3) is 0.138. The van der Waals surface area contributed by atoms with Gasteiger partial charge < -0.3 is 9.88 Å². The molecule has 1 amide bonds. The molecule has 5 aromatic rings. The smallest absolute Gasteiger partial charge is 0.251 e. The second-order valence-electron chi connectivity index (χ2n) is 8.87. The van der Waals surface area contributed by atoms with Crippen molar-refractivity contribution >= 4 is 28.4 Å². The molecule has 180 valence electrons. The van der Waals surface area contributed by atoms with Gasteiger partial charge in [-0.1, -0.05) is 59.6 Å². The number of aromatic nitrogens is 3. The topological polar surface area (TPSA) is 79.8 Å². The van der Waals surface area contributed by atoms with Crippen LogP contribution >= 0.6 is 11.6 Å². The van der Waals surface area contributed by atoms with Gasteiger partial charge in [0.15, 0.2) is 0 Å². The van der Waals surface area contributed by atoms with Gasteiger partial charge in [0, 0.05) is 28.2 Å². The molecule has 0 fully saturated rings. The number of rotatable bonds is 7. The van der Waals surface area contributed by atoms with Crippen molar-refractivity contribution in [3.05, 3.63) is 134 Å². The maximum atomic E-state index is 13.4. The average Bonchev–Trinajstić information content (AvgIpc) is 3.27. The van der Waals surface area contributed by atoms with Gasteiger partial charge in [0.05, 0.1) is 24.3 Å². The number of pyridine rings is 1. The van der Waals surface area contributed by atoms with Gasteiger partial charge in [0.1, 0.15) is 0 Å². The number of halogens is 1. The third kappa shape index (κ3) is 5.24. The number of carbonyl (C=O) groups excluding carboxylic acids is 1. The summed E-state index contributed by atoms with van der Waals surface area (Å²) < 4.78 is 1.59. The minimum Gasteiger partial charge on any atom is -0.346 e. The highest BCUT2D eigenvalue weighted by molar-refractivity contribution is 6.31. The summed E-state index contributed by atoms with van der Waals surface area (Å²) in [5.41, 5.74) is 6.14. The highest BCUT2D eigenvalue weighted by atomic mass is 35.5. The maximum Gasteiger partial charge on any atom is 0.251 e. The molecule has 0 atom stereocenters. The number of benzene rings is 3. The number of fused-ring (bicyclic) bond motifs is 1. The molecule has 0 aliphatic heterocycles. The molecule has 2 N–H and O–H groups in total. The van der Waals surface area contributed by atoms with Crippen LogP contribution in [0.3, 0.4) is 0 Å². The van der Waals surface area contributed by atoms with Crippen molar-refractivity contribution in [2.75, 3.05) is 0 Å². The van der Waals surface area contributed by atoms with Crippen LogP contribution in [-0.2, 0) is 19.5 Å². The van der Waals surface area contributed by atoms with Crippen LogP contribution in [0.5, 0.6) is 0 Å². The first-order valence-corrected chi connectivity index (χ1v) is 12.1. The molecular weight excluding hydrogens is 472 g/mol. The first-order chi connectivity index (χ1) is 17.5. The van der Waals surface area contributed by atoms with E-state index in [-0.39, 0.29) is 18.0 Å². The quantitative estimate of drug-likeness (QED) is 0.323. The minimum atomic E-state index is -0.218. The second kappa shape index (κ2) is 10.2. The van der Waals surface area contributed by atoms with E-state index in [1.54, 1.807) is 22.9 Å². The van der Waals surface area contributed by atoms with Gasteiger partial charge in [-0.05, 0) is 60.4 Å². The second-order valence-corrected chi connectivity index (χ2v) is 9.31. The lowest BCUT2D eigenvalue weighted by molar-refractivity contribution is 0.0949. The Hall–Kier alpha value is -4.16. The molecular formula is C29H25ClN4O2. The normalized spacial score (nSPS) is 11.1. The van der Waals surface area contributed by atoms with Crippen LogP contribution in [0.2, 0.25) is 5.02 Å². The van der Waals surface area contributed by atoms with Gasteiger partial charge in [0.2, 0.25) is 0 Å². The Bertz CT molecular complexity index is 1620. The Balaban J connectivity index is 1.44. The van der Waals surface area contributed by atoms with Crippen molar-refractivity contribution in [3.63, 3.8) is 0 Å². The van der Waals surface area contributed by atoms with Gasteiger partial charge in [-0.15, -0.1) is 0 Å². The van der Waals surface area contributed by atoms with Crippen molar-refractivity contribution < 1.29 is 4.79 Å². The summed E-state index contributed by atoms with van der Waals surface area (Å²) in [6.45, 7) is 2.63. The van der Waals surface area contributed by atoms with E-state index >= 15 is 0 Å². The third-order valence-corrected chi connectivity index (χ3v) is 6.41. The van der Waals surface area contributed by atoms with E-state index in [1.807, 2.05) is 42.5 Å². The van der Waals surface area contributed by atoms with Crippen LogP contribution in [0.1, 0.15) is 38.3 Å². The van der Waals surface area contributed by atoms with Crippen LogP contribution in [0.4, 0.5) is 0 Å². The first-order valence-electron chi connectivity index (χ1n) is 11.7. The zero-order valence-corrected chi connectivity index (χ0v) is 20.5. The summed E-state index contributed by atoms with van der Waals surface area (Å²) in [7, 11) is 0. The zero-order chi connectivity index (χ0) is 25.1. The Morgan fingerprint density at radius 1 is 1.00 bits per heavy atom. The summed E-state index contributed by atoms with van der Waals surface area (Å²) in [5.74, 6) is -0.218. The van der Waals surface area contributed by atoms with Crippen molar-refractivity contribution in [2.45, 2.75) is 26.4 Å². The number of hydrogen-bond acceptors (Lipinski definition) is 3. The molecule has 3 aromatic carbocycles. The van der Waals surface area contributed by atoms with Crippen LogP contribution in [0.25, 0.3) is 10.9 Å². The number of aryl methyl sites for hydroxylation is 1. The number of hydrogen-bond donors (Lipinski definition) is 2. The summed E-state index contributed by atoms with van der Waals surface area (Å²) in [6, 6.07) is 24.7. The number of nitrogens with one attached hydrogen (secondary N) is 2. The average molecular weight is 497 g/mol. The van der Waals surface area contributed by atoms with E-state index in [1.165, 1.54) is 17.2 Å². The molecule has 0 saturated carbocycles. The fourth-order valence-corrected chi connectivity index (χ4v) is 4.52. The Morgan fingerprint density at radius 2 is 1.86 bits per heavy atom. The van der Waals surface area contributed by atoms with E-state index in [0.717, 1.165) is 27.7 Å². The lowest BCUT2D eigenvalue weighted by Gasteiger charge is -2.14. The number of carbonyl (C=O) groups is 1. The van der Waals surface area contributed by atoms with E-state index in [9.17, 15) is 9.59 Å². The molecule has 0 bridgehead atoms. The molecule has 0 unspecified atom stereocenters. The van der Waals surface area contributed by atoms with Gasteiger partial charge in [-0.2, -0.15) is 5.10 Å². The number of aromatic amines is 1. The van der Waals surface area contributed by atoms with E-state index in [4.69, 9.17) is 11.6 Å². The van der Waals surface area contributed by atoms with E-state index < -0.39 is 0 Å². The Kier molecular flexibility index (Phi) is 6.69. The molecule has 36 heavy (non-hydrogen) atoms. The molecule has 0 radical (unpaired) electrons. The molecule has 2 heterocycles. The SMILES string of the molecule is Cc1cccc(Cc2ccc(Cn3ccccc3=O)c(C(=O)NCc3[nH]nc4ccc(Cl)cc34)c2)c1. The summed E-state index contributed by atoms with van der Waals surface area (Å²) in [4.78, 5) is 25.8. The van der Waals surface area contributed by atoms with Gasteiger partial charge >= 0.3 is 0 Å². The third-order valence-electron chi connectivity index (χ3n) is 6.17. The number of H-pyrrole nitrogens is 1. The van der Waals surface area contributed by atoms with Gasteiger partial charge in [-0.25, -0.2) is 0 Å². The Morgan fingerprint density at radius 3 is 2.69 bits per heavy atom. The summed E-state index contributed by atoms with van der Waals surface area (Å²) >= 11 is 6.15. The molecule has 0 saturated heterocycles. The predicted molar refractivity (Wildman–Crippen MR) is 143 cm³/mol. The number of nitrogens with zero attached hydrogens (tertiary/aromatic N) is 2. The lowest BCUT2D eigenvalue weighted by atomic mass is 9.97. The maximum absolute atomic E-state index is 13.4. The van der Waals surface area contributed by atoms with Crippen LogP contribution in [0, 0.1) is 6.92 Å². The van der Waals surface area contributed by atoms with Gasteiger partial charge in [-0.3, -0.25) is 14.7 Å².